The Hall–Kier alpha value is -2.29. The fourth-order valence-electron chi connectivity index (χ4n) is 6.04. The van der Waals surface area contributed by atoms with Crippen molar-refractivity contribution in [1.29, 1.82) is 0 Å². The highest BCUT2D eigenvalue weighted by atomic mass is 16.1. The van der Waals surface area contributed by atoms with Gasteiger partial charge in [-0.15, -0.1) is 0 Å². The van der Waals surface area contributed by atoms with E-state index in [9.17, 15) is 4.79 Å². The number of hydrogen-bond donors (Lipinski definition) is 2. The Morgan fingerprint density at radius 1 is 0.808 bits per heavy atom. The first-order valence-corrected chi connectivity index (χ1v) is 9.93. The molecule has 3 nitrogen and oxygen atoms in total. The van der Waals surface area contributed by atoms with Gasteiger partial charge in [-0.25, -0.2) is 0 Å². The molecule has 6 rings (SSSR count). The van der Waals surface area contributed by atoms with Crippen LogP contribution in [0.1, 0.15) is 48.9 Å². The minimum atomic E-state index is 0.0473. The Morgan fingerprint density at radius 3 is 2.04 bits per heavy atom. The third kappa shape index (κ3) is 2.90. The summed E-state index contributed by atoms with van der Waals surface area (Å²) in [6.45, 7) is 0. The Balaban J connectivity index is 1.38. The molecule has 4 bridgehead atoms. The van der Waals surface area contributed by atoms with E-state index in [1.165, 1.54) is 38.5 Å². The van der Waals surface area contributed by atoms with E-state index in [0.29, 0.717) is 0 Å². The molecule has 2 aromatic carbocycles. The van der Waals surface area contributed by atoms with Crippen LogP contribution in [0.3, 0.4) is 0 Å². The number of hydrogen-bond acceptors (Lipinski definition) is 2. The highest BCUT2D eigenvalue weighted by Crippen LogP contribution is 2.55. The van der Waals surface area contributed by atoms with Crippen LogP contribution in [0.25, 0.3) is 0 Å². The van der Waals surface area contributed by atoms with Gasteiger partial charge in [0, 0.05) is 11.2 Å². The zero-order chi connectivity index (χ0) is 17.6. The Kier molecular flexibility index (Phi) is 3.77. The van der Waals surface area contributed by atoms with E-state index >= 15 is 0 Å². The normalized spacial score (nSPS) is 31.6. The van der Waals surface area contributed by atoms with Gasteiger partial charge >= 0.3 is 0 Å². The van der Waals surface area contributed by atoms with E-state index in [2.05, 4.69) is 10.6 Å². The number of anilines is 2. The van der Waals surface area contributed by atoms with Crippen LogP contribution >= 0.6 is 0 Å². The lowest BCUT2D eigenvalue weighted by atomic mass is 9.53. The smallest absolute Gasteiger partial charge is 0.253 e. The molecule has 0 atom stereocenters. The molecule has 3 heteroatoms. The highest BCUT2D eigenvalue weighted by Gasteiger charge is 2.51. The zero-order valence-corrected chi connectivity index (χ0v) is 15.1. The second-order valence-electron chi connectivity index (χ2n) is 8.69. The molecule has 0 unspecified atom stereocenters. The number of amides is 1. The number of nitrogens with one attached hydrogen (secondary N) is 2. The molecule has 0 aliphatic heterocycles. The zero-order valence-electron chi connectivity index (χ0n) is 15.1. The molecular formula is C23H26N2O. The van der Waals surface area contributed by atoms with Crippen LogP contribution in [0.2, 0.25) is 0 Å². The van der Waals surface area contributed by atoms with Gasteiger partial charge in [0.05, 0.1) is 11.3 Å². The van der Waals surface area contributed by atoms with Crippen molar-refractivity contribution in [3.63, 3.8) is 0 Å². The van der Waals surface area contributed by atoms with E-state index in [1.807, 2.05) is 54.6 Å². The maximum atomic E-state index is 13.2. The third-order valence-electron chi connectivity index (χ3n) is 6.64. The standard InChI is InChI=1S/C23H26N2O/c26-22(25-23-13-16-10-17(14-23)12-18(11-16)15-23)20-8-4-5-9-21(20)24-19-6-2-1-3-7-19/h1-9,16-18,24H,10-15H2,(H,25,26). The molecule has 0 radical (unpaired) electrons. The topological polar surface area (TPSA) is 41.1 Å². The van der Waals surface area contributed by atoms with Crippen molar-refractivity contribution in [2.45, 2.75) is 44.1 Å². The molecular weight excluding hydrogens is 320 g/mol. The van der Waals surface area contributed by atoms with Gasteiger partial charge in [-0.3, -0.25) is 4.79 Å². The Labute approximate surface area is 155 Å². The van der Waals surface area contributed by atoms with E-state index in [4.69, 9.17) is 0 Å². The van der Waals surface area contributed by atoms with Gasteiger partial charge in [0.25, 0.3) is 5.91 Å². The van der Waals surface area contributed by atoms with Crippen molar-refractivity contribution in [1.82, 2.24) is 5.32 Å². The number of carbonyl (C=O) groups is 1. The van der Waals surface area contributed by atoms with Gasteiger partial charge in [-0.1, -0.05) is 30.3 Å². The fourth-order valence-corrected chi connectivity index (χ4v) is 6.04. The number of para-hydroxylation sites is 2. The average molecular weight is 346 g/mol. The summed E-state index contributed by atoms with van der Waals surface area (Å²) in [4.78, 5) is 13.2. The minimum absolute atomic E-state index is 0.0473. The van der Waals surface area contributed by atoms with Crippen molar-refractivity contribution in [2.24, 2.45) is 17.8 Å². The lowest BCUT2D eigenvalue weighted by Gasteiger charge is -2.56. The van der Waals surface area contributed by atoms with Gasteiger partial charge in [0.2, 0.25) is 0 Å². The van der Waals surface area contributed by atoms with Crippen LogP contribution in [-0.4, -0.2) is 11.4 Å². The largest absolute Gasteiger partial charge is 0.355 e. The molecule has 4 fully saturated rings. The number of carbonyl (C=O) groups excluding carboxylic acids is 1. The molecule has 1 amide bonds. The average Bonchev–Trinajstić information content (AvgIpc) is 2.61. The first-order chi connectivity index (χ1) is 12.7. The molecule has 4 aliphatic carbocycles. The quantitative estimate of drug-likeness (QED) is 0.806. The molecule has 2 aromatic rings. The summed E-state index contributed by atoms with van der Waals surface area (Å²) in [6.07, 6.45) is 7.71. The van der Waals surface area contributed by atoms with E-state index in [0.717, 1.165) is 34.7 Å². The van der Waals surface area contributed by atoms with Crippen molar-refractivity contribution >= 4 is 17.3 Å². The second kappa shape index (κ2) is 6.15. The summed E-state index contributed by atoms with van der Waals surface area (Å²) in [5.41, 5.74) is 2.67. The molecule has 2 N–H and O–H groups in total. The van der Waals surface area contributed by atoms with Gasteiger partial charge in [-0.2, -0.15) is 0 Å². The summed E-state index contributed by atoms with van der Waals surface area (Å²) >= 11 is 0. The fraction of sp³-hybridized carbons (Fsp3) is 0.435. The number of benzene rings is 2. The van der Waals surface area contributed by atoms with Crippen LogP contribution in [0, 0.1) is 17.8 Å². The van der Waals surface area contributed by atoms with E-state index < -0.39 is 0 Å². The first-order valence-electron chi connectivity index (χ1n) is 9.93. The SMILES string of the molecule is O=C(NC12CC3CC(CC(C3)C1)C2)c1ccccc1Nc1ccccc1. The number of rotatable bonds is 4. The van der Waals surface area contributed by atoms with Gasteiger partial charge in [-0.05, 0) is 80.5 Å². The van der Waals surface area contributed by atoms with Crippen molar-refractivity contribution in [3.8, 4) is 0 Å². The van der Waals surface area contributed by atoms with E-state index in [-0.39, 0.29) is 11.4 Å². The van der Waals surface area contributed by atoms with Crippen LogP contribution < -0.4 is 10.6 Å². The molecule has 4 saturated carbocycles. The van der Waals surface area contributed by atoms with Crippen LogP contribution in [0.5, 0.6) is 0 Å². The van der Waals surface area contributed by atoms with Gasteiger partial charge in [0.1, 0.15) is 0 Å². The predicted octanol–water partition coefficient (Wildman–Crippen LogP) is 5.13. The van der Waals surface area contributed by atoms with Crippen molar-refractivity contribution < 1.29 is 4.79 Å². The summed E-state index contributed by atoms with van der Waals surface area (Å²) < 4.78 is 0. The van der Waals surface area contributed by atoms with Crippen LogP contribution in [0.4, 0.5) is 11.4 Å². The predicted molar refractivity (Wildman–Crippen MR) is 105 cm³/mol. The second-order valence-corrected chi connectivity index (χ2v) is 8.69. The van der Waals surface area contributed by atoms with Crippen molar-refractivity contribution in [3.05, 3.63) is 60.2 Å². The van der Waals surface area contributed by atoms with Crippen LogP contribution in [0.15, 0.2) is 54.6 Å². The first kappa shape index (κ1) is 15.9. The highest BCUT2D eigenvalue weighted by molar-refractivity contribution is 6.00. The van der Waals surface area contributed by atoms with Gasteiger partial charge < -0.3 is 10.6 Å². The summed E-state index contributed by atoms with van der Waals surface area (Å²) in [5, 5.41) is 6.89. The summed E-state index contributed by atoms with van der Waals surface area (Å²) in [5.74, 6) is 2.57. The molecule has 134 valence electrons. The lowest BCUT2D eigenvalue weighted by Crippen LogP contribution is -2.59. The maximum Gasteiger partial charge on any atom is 0.253 e. The monoisotopic (exact) mass is 346 g/mol. The molecule has 0 heterocycles. The molecule has 0 saturated heterocycles. The summed E-state index contributed by atoms with van der Waals surface area (Å²) in [6, 6.07) is 17.9. The molecule has 0 aromatic heterocycles. The summed E-state index contributed by atoms with van der Waals surface area (Å²) in [7, 11) is 0. The third-order valence-corrected chi connectivity index (χ3v) is 6.64. The van der Waals surface area contributed by atoms with Crippen LogP contribution in [-0.2, 0) is 0 Å². The Morgan fingerprint density at radius 2 is 1.38 bits per heavy atom. The molecule has 0 spiro atoms. The Bertz CT molecular complexity index is 779. The van der Waals surface area contributed by atoms with Gasteiger partial charge in [0.15, 0.2) is 0 Å². The molecule has 26 heavy (non-hydrogen) atoms. The molecule has 4 aliphatic rings. The maximum absolute atomic E-state index is 13.2. The lowest BCUT2D eigenvalue weighted by molar-refractivity contribution is -0.0166. The van der Waals surface area contributed by atoms with E-state index in [1.54, 1.807) is 0 Å². The van der Waals surface area contributed by atoms with Crippen molar-refractivity contribution in [2.75, 3.05) is 5.32 Å². The minimum Gasteiger partial charge on any atom is -0.355 e.